The lowest BCUT2D eigenvalue weighted by molar-refractivity contribution is -0.130. The first-order chi connectivity index (χ1) is 8.40. The average Bonchev–Trinajstić information content (AvgIpc) is 2.33. The summed E-state index contributed by atoms with van der Waals surface area (Å²) in [6.07, 6.45) is 0. The second-order valence-corrected chi connectivity index (χ2v) is 5.03. The van der Waals surface area contributed by atoms with Crippen molar-refractivity contribution in [2.24, 2.45) is 0 Å². The summed E-state index contributed by atoms with van der Waals surface area (Å²) in [6, 6.07) is 7.60. The van der Waals surface area contributed by atoms with Crippen molar-refractivity contribution in [2.75, 3.05) is 13.7 Å². The first kappa shape index (κ1) is 14.5. The van der Waals surface area contributed by atoms with Gasteiger partial charge in [-0.1, -0.05) is 12.1 Å². The zero-order valence-electron chi connectivity index (χ0n) is 11.4. The predicted octanol–water partition coefficient (Wildman–Crippen LogP) is 2.13. The summed E-state index contributed by atoms with van der Waals surface area (Å²) >= 11 is 0. The average molecular weight is 251 g/mol. The first-order valence-electron chi connectivity index (χ1n) is 5.94. The van der Waals surface area contributed by atoms with Gasteiger partial charge in [-0.05, 0) is 38.5 Å². The maximum absolute atomic E-state index is 11.6. The quantitative estimate of drug-likeness (QED) is 0.872. The van der Waals surface area contributed by atoms with Gasteiger partial charge in [0.25, 0.3) is 0 Å². The van der Waals surface area contributed by atoms with E-state index in [0.29, 0.717) is 6.54 Å². The molecule has 0 aliphatic carbocycles. The van der Waals surface area contributed by atoms with Crippen molar-refractivity contribution >= 4 is 5.91 Å². The topological polar surface area (TPSA) is 47.6 Å². The van der Waals surface area contributed by atoms with E-state index in [-0.39, 0.29) is 18.1 Å². The standard InChI is InChI=1S/C14H21NO3/c1-14(2,3)18-10-13(16)15-9-11-6-5-7-12(8-11)17-4/h5-8H,9-10H2,1-4H3,(H,15,16). The number of rotatable bonds is 5. The fourth-order valence-electron chi connectivity index (χ4n) is 1.32. The van der Waals surface area contributed by atoms with Crippen LogP contribution in [0.3, 0.4) is 0 Å². The van der Waals surface area contributed by atoms with Crippen molar-refractivity contribution < 1.29 is 14.3 Å². The number of carbonyl (C=O) groups is 1. The number of carbonyl (C=O) groups excluding carboxylic acids is 1. The third kappa shape index (κ3) is 5.68. The lowest BCUT2D eigenvalue weighted by Gasteiger charge is -2.19. The van der Waals surface area contributed by atoms with E-state index < -0.39 is 0 Å². The van der Waals surface area contributed by atoms with Crippen molar-refractivity contribution in [3.05, 3.63) is 29.8 Å². The number of benzene rings is 1. The van der Waals surface area contributed by atoms with Gasteiger partial charge in [0.05, 0.1) is 12.7 Å². The van der Waals surface area contributed by atoms with E-state index in [4.69, 9.17) is 9.47 Å². The van der Waals surface area contributed by atoms with Crippen molar-refractivity contribution in [3.63, 3.8) is 0 Å². The third-order valence-corrected chi connectivity index (χ3v) is 2.26. The summed E-state index contributed by atoms with van der Waals surface area (Å²) in [5.41, 5.74) is 0.700. The molecule has 0 atom stereocenters. The van der Waals surface area contributed by atoms with E-state index in [1.54, 1.807) is 7.11 Å². The summed E-state index contributed by atoms with van der Waals surface area (Å²) in [7, 11) is 1.62. The van der Waals surface area contributed by atoms with Gasteiger partial charge in [-0.3, -0.25) is 4.79 Å². The molecule has 0 fully saturated rings. The summed E-state index contributed by atoms with van der Waals surface area (Å²) in [5.74, 6) is 0.667. The smallest absolute Gasteiger partial charge is 0.246 e. The summed E-state index contributed by atoms with van der Waals surface area (Å²) in [4.78, 5) is 11.6. The monoisotopic (exact) mass is 251 g/mol. The van der Waals surface area contributed by atoms with E-state index in [9.17, 15) is 4.79 Å². The second-order valence-electron chi connectivity index (χ2n) is 5.03. The summed E-state index contributed by atoms with van der Waals surface area (Å²) in [5, 5.41) is 2.80. The Bertz CT molecular complexity index is 396. The Morgan fingerprint density at radius 3 is 2.67 bits per heavy atom. The molecule has 4 heteroatoms. The van der Waals surface area contributed by atoms with E-state index in [1.165, 1.54) is 0 Å². The highest BCUT2D eigenvalue weighted by Gasteiger charge is 2.12. The zero-order valence-corrected chi connectivity index (χ0v) is 11.4. The molecule has 1 N–H and O–H groups in total. The molecular weight excluding hydrogens is 230 g/mol. The van der Waals surface area contributed by atoms with Crippen LogP contribution in [0, 0.1) is 0 Å². The minimum absolute atomic E-state index is 0.0769. The molecule has 18 heavy (non-hydrogen) atoms. The molecule has 0 saturated heterocycles. The van der Waals surface area contributed by atoms with Crippen LogP contribution >= 0.6 is 0 Å². The number of ether oxygens (including phenoxy) is 2. The third-order valence-electron chi connectivity index (χ3n) is 2.26. The molecule has 0 radical (unpaired) electrons. The number of nitrogens with one attached hydrogen (secondary N) is 1. The molecule has 4 nitrogen and oxygen atoms in total. The molecule has 0 aromatic heterocycles. The largest absolute Gasteiger partial charge is 0.497 e. The van der Waals surface area contributed by atoms with Crippen molar-refractivity contribution in [3.8, 4) is 5.75 Å². The molecule has 0 unspecified atom stereocenters. The van der Waals surface area contributed by atoms with Crippen LogP contribution in [0.4, 0.5) is 0 Å². The number of hydrogen-bond acceptors (Lipinski definition) is 3. The van der Waals surface area contributed by atoms with Gasteiger partial charge in [-0.25, -0.2) is 0 Å². The number of hydrogen-bond donors (Lipinski definition) is 1. The van der Waals surface area contributed by atoms with Crippen LogP contribution in [0.15, 0.2) is 24.3 Å². The summed E-state index contributed by atoms with van der Waals surface area (Å²) in [6.45, 7) is 6.31. The van der Waals surface area contributed by atoms with E-state index in [2.05, 4.69) is 5.32 Å². The van der Waals surface area contributed by atoms with E-state index in [0.717, 1.165) is 11.3 Å². The normalized spacial score (nSPS) is 11.1. The number of amides is 1. The molecule has 1 aromatic rings. The molecule has 0 aliphatic heterocycles. The fourth-order valence-corrected chi connectivity index (χ4v) is 1.32. The predicted molar refractivity (Wildman–Crippen MR) is 70.5 cm³/mol. The molecular formula is C14H21NO3. The first-order valence-corrected chi connectivity index (χ1v) is 5.94. The van der Waals surface area contributed by atoms with Gasteiger partial charge in [0.2, 0.25) is 5.91 Å². The maximum atomic E-state index is 11.6. The molecule has 100 valence electrons. The molecule has 0 heterocycles. The van der Waals surface area contributed by atoms with Gasteiger partial charge < -0.3 is 14.8 Å². The zero-order chi connectivity index (χ0) is 13.6. The van der Waals surface area contributed by atoms with E-state index >= 15 is 0 Å². The molecule has 1 rings (SSSR count). The van der Waals surface area contributed by atoms with Crippen molar-refractivity contribution in [1.82, 2.24) is 5.32 Å². The Hall–Kier alpha value is -1.55. The van der Waals surface area contributed by atoms with Crippen molar-refractivity contribution in [1.29, 1.82) is 0 Å². The van der Waals surface area contributed by atoms with Crippen LogP contribution in [0.2, 0.25) is 0 Å². The lowest BCUT2D eigenvalue weighted by Crippen LogP contribution is -2.31. The van der Waals surface area contributed by atoms with Crippen LogP contribution < -0.4 is 10.1 Å². The Morgan fingerprint density at radius 2 is 2.06 bits per heavy atom. The van der Waals surface area contributed by atoms with Crippen LogP contribution in [-0.2, 0) is 16.1 Å². The van der Waals surface area contributed by atoms with Crippen LogP contribution in [0.5, 0.6) is 5.75 Å². The van der Waals surface area contributed by atoms with Gasteiger partial charge in [-0.2, -0.15) is 0 Å². The Morgan fingerprint density at radius 1 is 1.33 bits per heavy atom. The lowest BCUT2D eigenvalue weighted by atomic mass is 10.2. The maximum Gasteiger partial charge on any atom is 0.246 e. The molecule has 1 aromatic carbocycles. The second kappa shape index (κ2) is 6.40. The fraction of sp³-hybridized carbons (Fsp3) is 0.500. The van der Waals surface area contributed by atoms with Gasteiger partial charge in [-0.15, -0.1) is 0 Å². The highest BCUT2D eigenvalue weighted by molar-refractivity contribution is 5.77. The van der Waals surface area contributed by atoms with Gasteiger partial charge in [0.15, 0.2) is 0 Å². The minimum atomic E-state index is -0.298. The minimum Gasteiger partial charge on any atom is -0.497 e. The SMILES string of the molecule is COc1cccc(CNC(=O)COC(C)(C)C)c1. The Balaban J connectivity index is 2.38. The van der Waals surface area contributed by atoms with Crippen LogP contribution in [0.25, 0.3) is 0 Å². The molecule has 0 bridgehead atoms. The summed E-state index contributed by atoms with van der Waals surface area (Å²) < 4.78 is 10.5. The Labute approximate surface area is 108 Å². The molecule has 1 amide bonds. The highest BCUT2D eigenvalue weighted by Crippen LogP contribution is 2.12. The highest BCUT2D eigenvalue weighted by atomic mass is 16.5. The van der Waals surface area contributed by atoms with Crippen LogP contribution in [0.1, 0.15) is 26.3 Å². The van der Waals surface area contributed by atoms with Gasteiger partial charge >= 0.3 is 0 Å². The van der Waals surface area contributed by atoms with Gasteiger partial charge in [0.1, 0.15) is 12.4 Å². The van der Waals surface area contributed by atoms with E-state index in [1.807, 2.05) is 45.0 Å². The molecule has 0 spiro atoms. The molecule has 0 saturated carbocycles. The Kier molecular flexibility index (Phi) is 5.16. The number of methoxy groups -OCH3 is 1. The van der Waals surface area contributed by atoms with Gasteiger partial charge in [0, 0.05) is 6.54 Å². The molecule has 0 aliphatic rings. The van der Waals surface area contributed by atoms with Crippen LogP contribution in [-0.4, -0.2) is 25.2 Å². The van der Waals surface area contributed by atoms with Crippen molar-refractivity contribution in [2.45, 2.75) is 32.9 Å².